The molecule has 3 heteroatoms. The molecule has 0 aliphatic heterocycles. The van der Waals surface area contributed by atoms with Crippen molar-refractivity contribution in [2.75, 3.05) is 0 Å². The first kappa shape index (κ1) is 12.7. The molecule has 0 heterocycles. The van der Waals surface area contributed by atoms with Crippen LogP contribution in [0.1, 0.15) is 38.3 Å². The Hall–Kier alpha value is -0.410. The average molecular weight is 274 g/mol. The molecule has 1 rings (SSSR count). The molecule has 2 unspecified atom stereocenters. The molecule has 0 amide bonds. The molecule has 1 aromatic rings. The second-order valence-corrected chi connectivity index (χ2v) is 4.78. The van der Waals surface area contributed by atoms with Crippen molar-refractivity contribution in [1.29, 1.82) is 0 Å². The van der Waals surface area contributed by atoms with Crippen LogP contribution in [0.5, 0.6) is 0 Å². The highest BCUT2D eigenvalue weighted by Gasteiger charge is 2.19. The molecular weight excluding hydrogens is 257 g/mol. The molecule has 0 saturated heterocycles. The fraction of sp³-hybridized carbons (Fsp3) is 0.500. The smallest absolute Gasteiger partial charge is 0.129 e. The SMILES string of the molecule is CCCC(C)C(N)c1c(F)cccc1Br. The summed E-state index contributed by atoms with van der Waals surface area (Å²) >= 11 is 3.35. The topological polar surface area (TPSA) is 26.0 Å². The minimum absolute atomic E-state index is 0.222. The number of hydrogen-bond acceptors (Lipinski definition) is 1. The largest absolute Gasteiger partial charge is 0.324 e. The number of nitrogens with two attached hydrogens (primary N) is 1. The van der Waals surface area contributed by atoms with Crippen LogP contribution < -0.4 is 5.73 Å². The lowest BCUT2D eigenvalue weighted by Crippen LogP contribution is -2.20. The Morgan fingerprint density at radius 3 is 2.67 bits per heavy atom. The zero-order valence-corrected chi connectivity index (χ0v) is 10.7. The van der Waals surface area contributed by atoms with Crippen LogP contribution in [0, 0.1) is 11.7 Å². The average Bonchev–Trinajstić information content (AvgIpc) is 2.17. The van der Waals surface area contributed by atoms with E-state index in [9.17, 15) is 4.39 Å². The van der Waals surface area contributed by atoms with E-state index in [-0.39, 0.29) is 11.9 Å². The number of benzene rings is 1. The van der Waals surface area contributed by atoms with Crippen molar-refractivity contribution >= 4 is 15.9 Å². The molecule has 2 N–H and O–H groups in total. The second kappa shape index (κ2) is 5.61. The number of halogens is 2. The van der Waals surface area contributed by atoms with Gasteiger partial charge in [0.1, 0.15) is 5.82 Å². The molecule has 0 saturated carbocycles. The van der Waals surface area contributed by atoms with E-state index in [1.807, 2.05) is 6.07 Å². The van der Waals surface area contributed by atoms with E-state index in [0.29, 0.717) is 11.5 Å². The molecular formula is C12H17BrFN. The summed E-state index contributed by atoms with van der Waals surface area (Å²) in [5.74, 6) is 0.0722. The van der Waals surface area contributed by atoms with Crippen LogP contribution in [0.15, 0.2) is 22.7 Å². The van der Waals surface area contributed by atoms with Crippen LogP contribution in [-0.4, -0.2) is 0 Å². The monoisotopic (exact) mass is 273 g/mol. The highest BCUT2D eigenvalue weighted by molar-refractivity contribution is 9.10. The van der Waals surface area contributed by atoms with Gasteiger partial charge >= 0.3 is 0 Å². The summed E-state index contributed by atoms with van der Waals surface area (Å²) in [5.41, 5.74) is 6.65. The van der Waals surface area contributed by atoms with Gasteiger partial charge in [-0.25, -0.2) is 4.39 Å². The molecule has 0 aliphatic rings. The zero-order valence-electron chi connectivity index (χ0n) is 9.13. The van der Waals surface area contributed by atoms with Crippen molar-refractivity contribution in [3.63, 3.8) is 0 Å². The molecule has 0 fully saturated rings. The Balaban J connectivity index is 2.94. The standard InChI is InChI=1S/C12H17BrFN/c1-3-5-8(2)12(15)11-9(13)6-4-7-10(11)14/h4,6-8,12H,3,5,15H2,1-2H3. The first-order valence-electron chi connectivity index (χ1n) is 5.27. The zero-order chi connectivity index (χ0) is 11.4. The summed E-state index contributed by atoms with van der Waals surface area (Å²) in [5, 5.41) is 0. The van der Waals surface area contributed by atoms with Gasteiger partial charge in [0.2, 0.25) is 0 Å². The third-order valence-electron chi connectivity index (χ3n) is 2.69. The van der Waals surface area contributed by atoms with Crippen LogP contribution in [0.4, 0.5) is 4.39 Å². The first-order chi connectivity index (χ1) is 7.07. The fourth-order valence-corrected chi connectivity index (χ4v) is 2.35. The summed E-state index contributed by atoms with van der Waals surface area (Å²) in [6.07, 6.45) is 2.09. The highest BCUT2D eigenvalue weighted by atomic mass is 79.9. The first-order valence-corrected chi connectivity index (χ1v) is 6.06. The predicted octanol–water partition coefficient (Wildman–Crippen LogP) is 4.02. The summed E-state index contributed by atoms with van der Waals surface area (Å²) < 4.78 is 14.4. The molecule has 1 nitrogen and oxygen atoms in total. The van der Waals surface area contributed by atoms with Crippen molar-refractivity contribution < 1.29 is 4.39 Å². The lowest BCUT2D eigenvalue weighted by Gasteiger charge is -2.21. The number of rotatable bonds is 4. The molecule has 2 atom stereocenters. The summed E-state index contributed by atoms with van der Waals surface area (Å²) in [4.78, 5) is 0. The summed E-state index contributed by atoms with van der Waals surface area (Å²) in [6, 6.07) is 4.73. The van der Waals surface area contributed by atoms with E-state index in [1.165, 1.54) is 6.07 Å². The van der Waals surface area contributed by atoms with Gasteiger partial charge in [-0.15, -0.1) is 0 Å². The summed E-state index contributed by atoms with van der Waals surface area (Å²) in [7, 11) is 0. The molecule has 0 bridgehead atoms. The van der Waals surface area contributed by atoms with E-state index < -0.39 is 0 Å². The number of hydrogen-bond donors (Lipinski definition) is 1. The van der Waals surface area contributed by atoms with Crippen LogP contribution in [0.25, 0.3) is 0 Å². The predicted molar refractivity (Wildman–Crippen MR) is 65.1 cm³/mol. The molecule has 0 radical (unpaired) electrons. The molecule has 0 spiro atoms. The van der Waals surface area contributed by atoms with Gasteiger partial charge in [-0.3, -0.25) is 0 Å². The Kier molecular flexibility index (Phi) is 4.74. The van der Waals surface area contributed by atoms with Gasteiger partial charge in [-0.05, 0) is 24.5 Å². The van der Waals surface area contributed by atoms with Crippen molar-refractivity contribution in [1.82, 2.24) is 0 Å². The second-order valence-electron chi connectivity index (χ2n) is 3.93. The van der Waals surface area contributed by atoms with Gasteiger partial charge < -0.3 is 5.73 Å². The minimum Gasteiger partial charge on any atom is -0.324 e. The molecule has 15 heavy (non-hydrogen) atoms. The van der Waals surface area contributed by atoms with E-state index in [4.69, 9.17) is 5.73 Å². The maximum absolute atomic E-state index is 13.6. The Morgan fingerprint density at radius 1 is 1.47 bits per heavy atom. The Bertz CT molecular complexity index is 307. The van der Waals surface area contributed by atoms with Crippen LogP contribution in [-0.2, 0) is 0 Å². The molecule has 0 aromatic heterocycles. The lowest BCUT2D eigenvalue weighted by molar-refractivity contribution is 0.418. The molecule has 84 valence electrons. The highest BCUT2D eigenvalue weighted by Crippen LogP contribution is 2.30. The van der Waals surface area contributed by atoms with Crippen LogP contribution >= 0.6 is 15.9 Å². The van der Waals surface area contributed by atoms with Crippen molar-refractivity contribution in [3.05, 3.63) is 34.1 Å². The van der Waals surface area contributed by atoms with E-state index in [2.05, 4.69) is 29.8 Å². The summed E-state index contributed by atoms with van der Waals surface area (Å²) in [6.45, 7) is 4.17. The maximum Gasteiger partial charge on any atom is 0.129 e. The minimum atomic E-state index is -0.236. The van der Waals surface area contributed by atoms with Crippen LogP contribution in [0.2, 0.25) is 0 Å². The lowest BCUT2D eigenvalue weighted by atomic mass is 9.91. The van der Waals surface area contributed by atoms with Gasteiger partial charge in [0.25, 0.3) is 0 Å². The van der Waals surface area contributed by atoms with E-state index >= 15 is 0 Å². The van der Waals surface area contributed by atoms with Crippen molar-refractivity contribution in [2.45, 2.75) is 32.7 Å². The van der Waals surface area contributed by atoms with Gasteiger partial charge in [0.15, 0.2) is 0 Å². The Labute approximate surface area is 99.0 Å². The van der Waals surface area contributed by atoms with E-state index in [0.717, 1.165) is 17.3 Å². The quantitative estimate of drug-likeness (QED) is 0.881. The van der Waals surface area contributed by atoms with Gasteiger partial charge in [0.05, 0.1) is 0 Å². The fourth-order valence-electron chi connectivity index (χ4n) is 1.75. The molecule has 1 aromatic carbocycles. The third-order valence-corrected chi connectivity index (χ3v) is 3.38. The van der Waals surface area contributed by atoms with Gasteiger partial charge in [-0.2, -0.15) is 0 Å². The third kappa shape index (κ3) is 3.02. The maximum atomic E-state index is 13.6. The van der Waals surface area contributed by atoms with Gasteiger partial charge in [0, 0.05) is 16.1 Å². The van der Waals surface area contributed by atoms with E-state index in [1.54, 1.807) is 6.07 Å². The molecule has 0 aliphatic carbocycles. The van der Waals surface area contributed by atoms with Crippen LogP contribution in [0.3, 0.4) is 0 Å². The van der Waals surface area contributed by atoms with Crippen molar-refractivity contribution in [3.8, 4) is 0 Å². The normalized spacial score (nSPS) is 15.0. The Morgan fingerprint density at radius 2 is 2.13 bits per heavy atom. The van der Waals surface area contributed by atoms with Gasteiger partial charge in [-0.1, -0.05) is 42.3 Å². The van der Waals surface area contributed by atoms with Crippen molar-refractivity contribution in [2.24, 2.45) is 11.7 Å².